The van der Waals surface area contributed by atoms with Gasteiger partial charge in [-0.25, -0.2) is 0 Å². The van der Waals surface area contributed by atoms with Crippen molar-refractivity contribution in [3.8, 4) is 0 Å². The van der Waals surface area contributed by atoms with Gasteiger partial charge in [-0.1, -0.05) is 24.4 Å². The number of carboxylic acid groups (broad SMARTS) is 1. The molecule has 3 nitrogen and oxygen atoms in total. The van der Waals surface area contributed by atoms with E-state index >= 15 is 0 Å². The number of Topliss-reactive ketones (excluding diaryl/α,β-unsaturated/α-hetero) is 1. The maximum atomic E-state index is 11.8. The Kier molecular flexibility index (Phi) is 6.44. The summed E-state index contributed by atoms with van der Waals surface area (Å²) in [4.78, 5) is 22.0. The Hall–Kier alpha value is -1.35. The third-order valence-electron chi connectivity index (χ3n) is 2.71. The lowest BCUT2D eigenvalue weighted by atomic mass is 10.0. The van der Waals surface area contributed by atoms with Gasteiger partial charge in [-0.2, -0.15) is 0 Å². The average Bonchev–Trinajstić information content (AvgIpc) is 2.34. The molecule has 0 saturated heterocycles. The van der Waals surface area contributed by atoms with E-state index in [1.54, 1.807) is 24.3 Å². The molecule has 0 heterocycles. The van der Waals surface area contributed by atoms with E-state index in [2.05, 4.69) is 0 Å². The Bertz CT molecular complexity index is 398. The highest BCUT2D eigenvalue weighted by molar-refractivity contribution is 6.30. The first-order valence-electron chi connectivity index (χ1n) is 6.10. The average molecular weight is 269 g/mol. The minimum absolute atomic E-state index is 0.116. The first-order chi connectivity index (χ1) is 8.59. The second kappa shape index (κ2) is 7.88. The van der Waals surface area contributed by atoms with Crippen LogP contribution >= 0.6 is 11.6 Å². The zero-order chi connectivity index (χ0) is 13.4. The third-order valence-corrected chi connectivity index (χ3v) is 2.96. The third kappa shape index (κ3) is 5.82. The lowest BCUT2D eigenvalue weighted by molar-refractivity contribution is -0.137. The molecule has 98 valence electrons. The summed E-state index contributed by atoms with van der Waals surface area (Å²) < 4.78 is 0. The lowest BCUT2D eigenvalue weighted by Gasteiger charge is -2.01. The summed E-state index contributed by atoms with van der Waals surface area (Å²) in [5.74, 6) is -0.642. The number of ketones is 1. The molecular formula is C14H17ClO3. The highest BCUT2D eigenvalue weighted by Gasteiger charge is 2.05. The summed E-state index contributed by atoms with van der Waals surface area (Å²) >= 11 is 5.74. The van der Waals surface area contributed by atoms with Crippen LogP contribution in [0.15, 0.2) is 24.3 Å². The van der Waals surface area contributed by atoms with E-state index < -0.39 is 5.97 Å². The summed E-state index contributed by atoms with van der Waals surface area (Å²) in [6.07, 6.45) is 3.97. The molecule has 0 aliphatic carbocycles. The lowest BCUT2D eigenvalue weighted by Crippen LogP contribution is -1.99. The van der Waals surface area contributed by atoms with Gasteiger partial charge in [-0.3, -0.25) is 9.59 Å². The van der Waals surface area contributed by atoms with Crippen molar-refractivity contribution in [2.75, 3.05) is 0 Å². The molecule has 4 heteroatoms. The van der Waals surface area contributed by atoms with E-state index in [1.807, 2.05) is 0 Å². The van der Waals surface area contributed by atoms with Gasteiger partial charge in [0.25, 0.3) is 0 Å². The number of hydrogen-bond donors (Lipinski definition) is 1. The highest BCUT2D eigenvalue weighted by atomic mass is 35.5. The maximum absolute atomic E-state index is 11.8. The van der Waals surface area contributed by atoms with Crippen molar-refractivity contribution in [1.82, 2.24) is 0 Å². The van der Waals surface area contributed by atoms with Crippen LogP contribution in [0.1, 0.15) is 48.9 Å². The maximum Gasteiger partial charge on any atom is 0.303 e. The molecule has 1 aromatic carbocycles. The topological polar surface area (TPSA) is 54.4 Å². The predicted octanol–water partition coefficient (Wildman–Crippen LogP) is 3.95. The van der Waals surface area contributed by atoms with Gasteiger partial charge in [0.05, 0.1) is 0 Å². The second-order valence-corrected chi connectivity index (χ2v) is 4.67. The molecule has 1 rings (SSSR count). The van der Waals surface area contributed by atoms with E-state index in [4.69, 9.17) is 16.7 Å². The van der Waals surface area contributed by atoms with Gasteiger partial charge in [0.15, 0.2) is 5.78 Å². The van der Waals surface area contributed by atoms with Crippen LogP contribution in [0.5, 0.6) is 0 Å². The number of carbonyl (C=O) groups is 2. The summed E-state index contributed by atoms with van der Waals surface area (Å²) in [6, 6.07) is 6.88. The van der Waals surface area contributed by atoms with E-state index in [0.717, 1.165) is 19.3 Å². The Morgan fingerprint density at radius 1 is 0.944 bits per heavy atom. The molecule has 0 bridgehead atoms. The molecular weight excluding hydrogens is 252 g/mol. The molecule has 1 N–H and O–H groups in total. The molecule has 0 unspecified atom stereocenters. The summed E-state index contributed by atoms with van der Waals surface area (Å²) in [5.41, 5.74) is 0.685. The molecule has 0 fully saturated rings. The zero-order valence-electron chi connectivity index (χ0n) is 10.2. The quantitative estimate of drug-likeness (QED) is 0.574. The summed E-state index contributed by atoms with van der Waals surface area (Å²) in [6.45, 7) is 0. The van der Waals surface area contributed by atoms with Crippen LogP contribution in [0.25, 0.3) is 0 Å². The predicted molar refractivity (Wildman–Crippen MR) is 71.1 cm³/mol. The van der Waals surface area contributed by atoms with Crippen molar-refractivity contribution in [3.63, 3.8) is 0 Å². The number of rotatable bonds is 8. The number of aliphatic carboxylic acids is 1. The van der Waals surface area contributed by atoms with Gasteiger partial charge < -0.3 is 5.11 Å². The fourth-order valence-corrected chi connectivity index (χ4v) is 1.82. The van der Waals surface area contributed by atoms with Crippen LogP contribution in [-0.2, 0) is 4.79 Å². The normalized spacial score (nSPS) is 10.3. The number of halogens is 1. The van der Waals surface area contributed by atoms with Gasteiger partial charge in [0.1, 0.15) is 0 Å². The fourth-order valence-electron chi connectivity index (χ4n) is 1.70. The zero-order valence-corrected chi connectivity index (χ0v) is 10.9. The number of carbonyl (C=O) groups excluding carboxylic acids is 1. The molecule has 0 saturated carbocycles. The molecule has 0 radical (unpaired) electrons. The second-order valence-electron chi connectivity index (χ2n) is 4.24. The van der Waals surface area contributed by atoms with E-state index in [1.165, 1.54) is 0 Å². The molecule has 18 heavy (non-hydrogen) atoms. The van der Waals surface area contributed by atoms with Crippen molar-refractivity contribution in [3.05, 3.63) is 34.9 Å². The Morgan fingerprint density at radius 3 is 2.06 bits per heavy atom. The van der Waals surface area contributed by atoms with E-state index in [0.29, 0.717) is 23.4 Å². The van der Waals surface area contributed by atoms with Gasteiger partial charge in [-0.05, 0) is 37.1 Å². The summed E-state index contributed by atoms with van der Waals surface area (Å²) in [7, 11) is 0. The van der Waals surface area contributed by atoms with Crippen LogP contribution in [0.2, 0.25) is 5.02 Å². The van der Waals surface area contributed by atoms with Crippen LogP contribution in [0.4, 0.5) is 0 Å². The van der Waals surface area contributed by atoms with Crippen LogP contribution in [-0.4, -0.2) is 16.9 Å². The largest absolute Gasteiger partial charge is 0.481 e. The molecule has 0 atom stereocenters. The van der Waals surface area contributed by atoms with Gasteiger partial charge in [0, 0.05) is 23.4 Å². The highest BCUT2D eigenvalue weighted by Crippen LogP contribution is 2.13. The fraction of sp³-hybridized carbons (Fsp3) is 0.429. The van der Waals surface area contributed by atoms with Crippen LogP contribution < -0.4 is 0 Å². The van der Waals surface area contributed by atoms with Gasteiger partial charge in [-0.15, -0.1) is 0 Å². The molecule has 0 aliphatic heterocycles. The molecule has 1 aromatic rings. The molecule has 0 aromatic heterocycles. The standard InChI is InChI=1S/C14H17ClO3/c15-12-9-7-11(8-10-12)13(16)5-3-1-2-4-6-14(17)18/h7-10H,1-6H2,(H,17,18). The Labute approximate surface area is 112 Å². The van der Waals surface area contributed by atoms with Crippen molar-refractivity contribution in [1.29, 1.82) is 0 Å². The van der Waals surface area contributed by atoms with E-state index in [9.17, 15) is 9.59 Å². The Morgan fingerprint density at radius 2 is 1.50 bits per heavy atom. The number of unbranched alkanes of at least 4 members (excludes halogenated alkanes) is 3. The number of hydrogen-bond acceptors (Lipinski definition) is 2. The first-order valence-corrected chi connectivity index (χ1v) is 6.48. The van der Waals surface area contributed by atoms with Crippen LogP contribution in [0.3, 0.4) is 0 Å². The minimum Gasteiger partial charge on any atom is -0.481 e. The SMILES string of the molecule is O=C(O)CCCCCCC(=O)c1ccc(Cl)cc1. The van der Waals surface area contributed by atoms with E-state index in [-0.39, 0.29) is 12.2 Å². The van der Waals surface area contributed by atoms with Crippen LogP contribution in [0, 0.1) is 0 Å². The summed E-state index contributed by atoms with van der Waals surface area (Å²) in [5, 5.41) is 9.09. The molecule has 0 spiro atoms. The van der Waals surface area contributed by atoms with Crippen molar-refractivity contribution < 1.29 is 14.7 Å². The van der Waals surface area contributed by atoms with Gasteiger partial charge >= 0.3 is 5.97 Å². The minimum atomic E-state index is -0.757. The number of carboxylic acids is 1. The van der Waals surface area contributed by atoms with Crippen molar-refractivity contribution >= 4 is 23.4 Å². The monoisotopic (exact) mass is 268 g/mol. The van der Waals surface area contributed by atoms with Gasteiger partial charge in [0.2, 0.25) is 0 Å². The Balaban J connectivity index is 2.17. The first kappa shape index (κ1) is 14.7. The number of benzene rings is 1. The van der Waals surface area contributed by atoms with Crippen molar-refractivity contribution in [2.24, 2.45) is 0 Å². The molecule has 0 aliphatic rings. The smallest absolute Gasteiger partial charge is 0.303 e. The van der Waals surface area contributed by atoms with Crippen molar-refractivity contribution in [2.45, 2.75) is 38.5 Å². The molecule has 0 amide bonds.